The van der Waals surface area contributed by atoms with E-state index in [1.807, 2.05) is 6.07 Å². The van der Waals surface area contributed by atoms with Crippen molar-refractivity contribution in [2.45, 2.75) is 13.8 Å². The quantitative estimate of drug-likeness (QED) is 0.636. The summed E-state index contributed by atoms with van der Waals surface area (Å²) in [4.78, 5) is 18.6. The zero-order valence-electron chi connectivity index (χ0n) is 10.6. The molecular formula is C14H13N3O2. The van der Waals surface area contributed by atoms with Crippen LogP contribution in [0.3, 0.4) is 0 Å². The van der Waals surface area contributed by atoms with Crippen molar-refractivity contribution in [3.63, 3.8) is 0 Å². The molecular weight excluding hydrogens is 242 g/mol. The summed E-state index contributed by atoms with van der Waals surface area (Å²) in [6.07, 6.45) is 0. The number of rotatable bonds is 2. The van der Waals surface area contributed by atoms with E-state index in [0.717, 1.165) is 0 Å². The third-order valence-electron chi connectivity index (χ3n) is 2.76. The molecule has 0 spiro atoms. The molecule has 5 nitrogen and oxygen atoms in total. The highest BCUT2D eigenvalue weighted by Crippen LogP contribution is 2.19. The maximum Gasteiger partial charge on any atom is 0.259 e. The first-order chi connectivity index (χ1) is 9.04. The standard InChI is InChI=1S/C14H13N3O2/c1-8(2)12(18)10(7-15)13-16-11-6-4-3-5-9(11)14(19)17-13/h3-6,8,18H,1-2H3,(H,16,17,19)/b12-10-. The third kappa shape index (κ3) is 2.33. The van der Waals surface area contributed by atoms with Crippen LogP contribution in [0.1, 0.15) is 19.7 Å². The lowest BCUT2D eigenvalue weighted by molar-refractivity contribution is 0.355. The number of hydrogen-bond acceptors (Lipinski definition) is 4. The van der Waals surface area contributed by atoms with Gasteiger partial charge < -0.3 is 10.1 Å². The molecule has 0 saturated carbocycles. The topological polar surface area (TPSA) is 89.8 Å². The zero-order chi connectivity index (χ0) is 14.0. The number of benzene rings is 1. The van der Waals surface area contributed by atoms with E-state index >= 15 is 0 Å². The number of allylic oxidation sites excluding steroid dienone is 2. The zero-order valence-corrected chi connectivity index (χ0v) is 10.6. The Hall–Kier alpha value is -2.61. The minimum Gasteiger partial charge on any atom is -0.511 e. The molecule has 2 rings (SSSR count). The first-order valence-electron chi connectivity index (χ1n) is 5.87. The van der Waals surface area contributed by atoms with E-state index in [9.17, 15) is 9.90 Å². The summed E-state index contributed by atoms with van der Waals surface area (Å²) in [5.74, 6) is -0.204. The Labute approximate surface area is 109 Å². The highest BCUT2D eigenvalue weighted by molar-refractivity contribution is 5.81. The first-order valence-corrected chi connectivity index (χ1v) is 5.87. The van der Waals surface area contributed by atoms with Crippen LogP contribution in [0.25, 0.3) is 16.5 Å². The highest BCUT2D eigenvalue weighted by Gasteiger charge is 2.15. The number of nitrogens with zero attached hydrogens (tertiary/aromatic N) is 2. The van der Waals surface area contributed by atoms with Crippen LogP contribution < -0.4 is 5.56 Å². The van der Waals surface area contributed by atoms with E-state index in [-0.39, 0.29) is 28.6 Å². The van der Waals surface area contributed by atoms with Gasteiger partial charge in [0.25, 0.3) is 5.56 Å². The van der Waals surface area contributed by atoms with E-state index in [1.54, 1.807) is 38.1 Å². The molecule has 0 saturated heterocycles. The molecule has 19 heavy (non-hydrogen) atoms. The number of nitriles is 1. The van der Waals surface area contributed by atoms with Gasteiger partial charge in [0.1, 0.15) is 17.4 Å². The van der Waals surface area contributed by atoms with Gasteiger partial charge in [0, 0.05) is 5.92 Å². The van der Waals surface area contributed by atoms with Crippen LogP contribution in [0, 0.1) is 17.2 Å². The van der Waals surface area contributed by atoms with Crippen molar-refractivity contribution in [1.29, 1.82) is 5.26 Å². The lowest BCUT2D eigenvalue weighted by atomic mass is 10.1. The molecule has 0 aliphatic rings. The van der Waals surface area contributed by atoms with Gasteiger partial charge in [0.05, 0.1) is 10.9 Å². The van der Waals surface area contributed by atoms with Crippen molar-refractivity contribution in [3.05, 3.63) is 46.2 Å². The lowest BCUT2D eigenvalue weighted by Gasteiger charge is -2.07. The van der Waals surface area contributed by atoms with Gasteiger partial charge in [-0.05, 0) is 12.1 Å². The van der Waals surface area contributed by atoms with Crippen LogP contribution in [0.4, 0.5) is 0 Å². The number of aliphatic hydroxyl groups is 1. The number of hydrogen-bond donors (Lipinski definition) is 2. The molecule has 0 unspecified atom stereocenters. The summed E-state index contributed by atoms with van der Waals surface area (Å²) in [6, 6.07) is 8.74. The van der Waals surface area contributed by atoms with Crippen molar-refractivity contribution in [2.75, 3.05) is 0 Å². The normalized spacial score (nSPS) is 12.3. The summed E-state index contributed by atoms with van der Waals surface area (Å²) in [6.45, 7) is 3.51. The SMILES string of the molecule is CC(C)/C(O)=C(\C#N)c1nc2ccccc2c(=O)[nH]1. The van der Waals surface area contributed by atoms with E-state index in [4.69, 9.17) is 5.26 Å². The Kier molecular flexibility index (Phi) is 3.34. The van der Waals surface area contributed by atoms with Crippen LogP contribution in [0.2, 0.25) is 0 Å². The predicted octanol–water partition coefficient (Wildman–Crippen LogP) is 2.37. The number of H-pyrrole nitrogens is 1. The fraction of sp³-hybridized carbons (Fsp3) is 0.214. The third-order valence-corrected chi connectivity index (χ3v) is 2.76. The summed E-state index contributed by atoms with van der Waals surface area (Å²) in [5.41, 5.74) is 0.160. The van der Waals surface area contributed by atoms with E-state index < -0.39 is 0 Å². The van der Waals surface area contributed by atoms with Gasteiger partial charge in [0.2, 0.25) is 0 Å². The molecule has 0 aliphatic heterocycles. The molecule has 0 fully saturated rings. The van der Waals surface area contributed by atoms with Crippen molar-refractivity contribution in [1.82, 2.24) is 9.97 Å². The number of fused-ring (bicyclic) bond motifs is 1. The van der Waals surface area contributed by atoms with Crippen LogP contribution in [-0.4, -0.2) is 15.1 Å². The Balaban J connectivity index is 2.74. The van der Waals surface area contributed by atoms with Crippen molar-refractivity contribution in [2.24, 2.45) is 5.92 Å². The predicted molar refractivity (Wildman–Crippen MR) is 72.4 cm³/mol. The molecule has 1 aromatic carbocycles. The number of aliphatic hydroxyl groups excluding tert-OH is 1. The fourth-order valence-electron chi connectivity index (χ4n) is 1.73. The van der Waals surface area contributed by atoms with Crippen LogP contribution >= 0.6 is 0 Å². The summed E-state index contributed by atoms with van der Waals surface area (Å²) >= 11 is 0. The smallest absolute Gasteiger partial charge is 0.259 e. The molecule has 0 bridgehead atoms. The number of aromatic nitrogens is 2. The molecule has 2 aromatic rings. The number of nitrogens with one attached hydrogen (secondary N) is 1. The van der Waals surface area contributed by atoms with Crippen molar-refractivity contribution < 1.29 is 5.11 Å². The average Bonchev–Trinajstić information content (AvgIpc) is 2.39. The summed E-state index contributed by atoms with van der Waals surface area (Å²) in [5, 5.41) is 19.5. The molecule has 0 aliphatic carbocycles. The van der Waals surface area contributed by atoms with Gasteiger partial charge in [-0.15, -0.1) is 0 Å². The maximum atomic E-state index is 11.9. The fourth-order valence-corrected chi connectivity index (χ4v) is 1.73. The highest BCUT2D eigenvalue weighted by atomic mass is 16.3. The Morgan fingerprint density at radius 1 is 1.42 bits per heavy atom. The second-order valence-electron chi connectivity index (χ2n) is 4.46. The lowest BCUT2D eigenvalue weighted by Crippen LogP contribution is -2.12. The number of aromatic amines is 1. The first kappa shape index (κ1) is 12.8. The average molecular weight is 255 g/mol. The van der Waals surface area contributed by atoms with Gasteiger partial charge in [-0.3, -0.25) is 4.79 Å². The van der Waals surface area contributed by atoms with E-state index in [0.29, 0.717) is 10.9 Å². The molecule has 1 aromatic heterocycles. The minimum absolute atomic E-state index is 0.00199. The summed E-state index contributed by atoms with van der Waals surface area (Å²) in [7, 11) is 0. The van der Waals surface area contributed by atoms with Gasteiger partial charge in [0.15, 0.2) is 5.82 Å². The summed E-state index contributed by atoms with van der Waals surface area (Å²) < 4.78 is 0. The van der Waals surface area contributed by atoms with E-state index in [2.05, 4.69) is 9.97 Å². The van der Waals surface area contributed by atoms with Gasteiger partial charge >= 0.3 is 0 Å². The van der Waals surface area contributed by atoms with Gasteiger partial charge in [-0.2, -0.15) is 5.26 Å². The Morgan fingerprint density at radius 2 is 2.11 bits per heavy atom. The second-order valence-corrected chi connectivity index (χ2v) is 4.46. The monoisotopic (exact) mass is 255 g/mol. The molecule has 1 heterocycles. The molecule has 96 valence electrons. The molecule has 0 atom stereocenters. The van der Waals surface area contributed by atoms with Gasteiger partial charge in [-0.1, -0.05) is 26.0 Å². The van der Waals surface area contributed by atoms with Crippen LogP contribution in [0.5, 0.6) is 0 Å². The van der Waals surface area contributed by atoms with Crippen LogP contribution in [-0.2, 0) is 0 Å². The molecule has 0 radical (unpaired) electrons. The van der Waals surface area contributed by atoms with Gasteiger partial charge in [-0.25, -0.2) is 4.98 Å². The van der Waals surface area contributed by atoms with Crippen molar-refractivity contribution in [3.8, 4) is 6.07 Å². The Bertz CT molecular complexity index is 751. The molecule has 2 N–H and O–H groups in total. The van der Waals surface area contributed by atoms with E-state index in [1.165, 1.54) is 0 Å². The largest absolute Gasteiger partial charge is 0.511 e. The minimum atomic E-state index is -0.329. The Morgan fingerprint density at radius 3 is 2.74 bits per heavy atom. The molecule has 0 amide bonds. The maximum absolute atomic E-state index is 11.9. The second kappa shape index (κ2) is 4.94. The van der Waals surface area contributed by atoms with Crippen molar-refractivity contribution >= 4 is 16.5 Å². The molecule has 5 heteroatoms. The number of para-hydroxylation sites is 1. The van der Waals surface area contributed by atoms with Crippen LogP contribution in [0.15, 0.2) is 34.8 Å².